The number of likely N-dealkylation sites (tertiary alicyclic amines) is 1. The second-order valence-corrected chi connectivity index (χ2v) is 4.78. The van der Waals surface area contributed by atoms with Crippen molar-refractivity contribution in [1.29, 1.82) is 0 Å². The Balaban J connectivity index is 0.00000200. The Kier molecular flexibility index (Phi) is 7.12. The predicted octanol–water partition coefficient (Wildman–Crippen LogP) is 2.70. The van der Waals surface area contributed by atoms with Crippen LogP contribution in [0.15, 0.2) is 29.3 Å². The van der Waals surface area contributed by atoms with Gasteiger partial charge in [-0.3, -0.25) is 4.99 Å². The number of rotatable bonds is 3. The first-order valence-electron chi connectivity index (χ1n) is 6.88. The number of aliphatic imine (C=N–C) groups is 1. The molecule has 0 saturated carbocycles. The van der Waals surface area contributed by atoms with Crippen LogP contribution >= 0.6 is 24.0 Å². The van der Waals surface area contributed by atoms with Crippen molar-refractivity contribution in [3.8, 4) is 5.75 Å². The fourth-order valence-electron chi connectivity index (χ4n) is 2.59. The van der Waals surface area contributed by atoms with E-state index in [9.17, 15) is 0 Å². The molecule has 0 bridgehead atoms. The second-order valence-electron chi connectivity index (χ2n) is 4.78. The van der Waals surface area contributed by atoms with Gasteiger partial charge in [-0.25, -0.2) is 0 Å². The van der Waals surface area contributed by atoms with Crippen LogP contribution in [-0.2, 0) is 0 Å². The van der Waals surface area contributed by atoms with E-state index >= 15 is 0 Å². The van der Waals surface area contributed by atoms with Gasteiger partial charge in [-0.2, -0.15) is 0 Å². The van der Waals surface area contributed by atoms with Gasteiger partial charge in [-0.05, 0) is 31.0 Å². The zero-order valence-corrected chi connectivity index (χ0v) is 14.8. The molecule has 0 spiro atoms. The highest BCUT2D eigenvalue weighted by molar-refractivity contribution is 14.0. The molecule has 0 amide bonds. The number of hydrogen-bond acceptors (Lipinski definition) is 2. The summed E-state index contributed by atoms with van der Waals surface area (Å²) < 4.78 is 5.20. The highest BCUT2D eigenvalue weighted by atomic mass is 127. The number of hydrogen-bond donors (Lipinski definition) is 1. The Bertz CT molecular complexity index is 433. The summed E-state index contributed by atoms with van der Waals surface area (Å²) in [5.74, 6) is 2.52. The minimum Gasteiger partial charge on any atom is -0.497 e. The molecule has 0 aromatic heterocycles. The molecule has 1 unspecified atom stereocenters. The van der Waals surface area contributed by atoms with Gasteiger partial charge in [0.05, 0.1) is 7.11 Å². The van der Waals surface area contributed by atoms with Crippen LogP contribution in [0.4, 0.5) is 0 Å². The second kappa shape index (κ2) is 8.34. The van der Waals surface area contributed by atoms with Gasteiger partial charge in [0.15, 0.2) is 5.96 Å². The number of methoxy groups -OCH3 is 1. The summed E-state index contributed by atoms with van der Waals surface area (Å²) in [5.41, 5.74) is 1.38. The summed E-state index contributed by atoms with van der Waals surface area (Å²) in [4.78, 5) is 6.66. The molecule has 2 rings (SSSR count). The van der Waals surface area contributed by atoms with E-state index in [1.165, 1.54) is 12.0 Å². The van der Waals surface area contributed by atoms with Crippen LogP contribution in [0.1, 0.15) is 24.8 Å². The van der Waals surface area contributed by atoms with Crippen LogP contribution in [0, 0.1) is 0 Å². The quantitative estimate of drug-likeness (QED) is 0.491. The lowest BCUT2D eigenvalue weighted by molar-refractivity contribution is 0.414. The van der Waals surface area contributed by atoms with Crippen LogP contribution in [0.5, 0.6) is 5.75 Å². The van der Waals surface area contributed by atoms with Gasteiger partial charge in [0.1, 0.15) is 5.75 Å². The van der Waals surface area contributed by atoms with Gasteiger partial charge in [0.2, 0.25) is 0 Å². The number of benzene rings is 1. The summed E-state index contributed by atoms with van der Waals surface area (Å²) in [6, 6.07) is 8.42. The Morgan fingerprint density at radius 1 is 1.40 bits per heavy atom. The van der Waals surface area contributed by atoms with Crippen molar-refractivity contribution >= 4 is 29.9 Å². The van der Waals surface area contributed by atoms with Crippen molar-refractivity contribution in [1.82, 2.24) is 10.2 Å². The van der Waals surface area contributed by atoms with E-state index in [2.05, 4.69) is 34.3 Å². The molecule has 1 N–H and O–H groups in total. The van der Waals surface area contributed by atoms with E-state index < -0.39 is 0 Å². The largest absolute Gasteiger partial charge is 0.497 e. The monoisotopic (exact) mass is 389 g/mol. The molecule has 1 saturated heterocycles. The van der Waals surface area contributed by atoms with Gasteiger partial charge >= 0.3 is 0 Å². The zero-order valence-electron chi connectivity index (χ0n) is 12.4. The summed E-state index contributed by atoms with van der Waals surface area (Å²) in [5, 5.41) is 3.32. The average molecular weight is 389 g/mol. The summed E-state index contributed by atoms with van der Waals surface area (Å²) in [6.07, 6.45) is 1.18. The maximum Gasteiger partial charge on any atom is 0.193 e. The number of nitrogens with zero attached hydrogens (tertiary/aromatic N) is 2. The Hall–Kier alpha value is -0.980. The lowest BCUT2D eigenvalue weighted by Crippen LogP contribution is -2.39. The van der Waals surface area contributed by atoms with Gasteiger partial charge < -0.3 is 15.0 Å². The fourth-order valence-corrected chi connectivity index (χ4v) is 2.59. The molecule has 1 atom stereocenters. The molecule has 20 heavy (non-hydrogen) atoms. The molecule has 4 nitrogen and oxygen atoms in total. The molecule has 1 fully saturated rings. The van der Waals surface area contributed by atoms with Crippen molar-refractivity contribution in [2.75, 3.05) is 33.8 Å². The third kappa shape index (κ3) is 4.01. The lowest BCUT2D eigenvalue weighted by Gasteiger charge is -2.21. The molecule has 5 heteroatoms. The van der Waals surface area contributed by atoms with E-state index in [-0.39, 0.29) is 24.0 Å². The first kappa shape index (κ1) is 17.1. The molecular formula is C15H24IN3O. The smallest absolute Gasteiger partial charge is 0.193 e. The normalized spacial score (nSPS) is 18.6. The molecule has 112 valence electrons. The first-order valence-corrected chi connectivity index (χ1v) is 6.88. The first-order chi connectivity index (χ1) is 9.28. The number of ether oxygens (including phenoxy) is 1. The number of guanidine groups is 1. The SMILES string of the molecule is CCNC(=NC)N1CCC(c2ccc(OC)cc2)C1.I. The third-order valence-electron chi connectivity index (χ3n) is 3.62. The topological polar surface area (TPSA) is 36.9 Å². The number of halogens is 1. The van der Waals surface area contributed by atoms with E-state index in [0.29, 0.717) is 5.92 Å². The van der Waals surface area contributed by atoms with E-state index in [0.717, 1.165) is 31.3 Å². The van der Waals surface area contributed by atoms with Crippen LogP contribution < -0.4 is 10.1 Å². The highest BCUT2D eigenvalue weighted by Gasteiger charge is 2.25. The van der Waals surface area contributed by atoms with Crippen molar-refractivity contribution in [2.24, 2.45) is 4.99 Å². The lowest BCUT2D eigenvalue weighted by atomic mass is 9.98. The standard InChI is InChI=1S/C15H23N3O.HI/c1-4-17-15(16-2)18-10-9-13(11-18)12-5-7-14(19-3)8-6-12;/h5-8,13H,4,9-11H2,1-3H3,(H,16,17);1H. The highest BCUT2D eigenvalue weighted by Crippen LogP contribution is 2.28. The van der Waals surface area contributed by atoms with Crippen LogP contribution in [0.3, 0.4) is 0 Å². The molecule has 0 radical (unpaired) electrons. The fraction of sp³-hybridized carbons (Fsp3) is 0.533. The third-order valence-corrected chi connectivity index (χ3v) is 3.62. The van der Waals surface area contributed by atoms with Gasteiger partial charge in [0, 0.05) is 32.6 Å². The average Bonchev–Trinajstić information content (AvgIpc) is 2.94. The van der Waals surface area contributed by atoms with E-state index in [1.54, 1.807) is 7.11 Å². The minimum absolute atomic E-state index is 0. The zero-order chi connectivity index (χ0) is 13.7. The molecule has 1 aliphatic heterocycles. The summed E-state index contributed by atoms with van der Waals surface area (Å²) >= 11 is 0. The summed E-state index contributed by atoms with van der Waals surface area (Å²) in [7, 11) is 3.55. The molecule has 1 aromatic carbocycles. The van der Waals surface area contributed by atoms with Crippen molar-refractivity contribution in [3.63, 3.8) is 0 Å². The van der Waals surface area contributed by atoms with Crippen LogP contribution in [0.25, 0.3) is 0 Å². The molecule has 1 aromatic rings. The van der Waals surface area contributed by atoms with Crippen LogP contribution in [-0.4, -0.2) is 44.7 Å². The van der Waals surface area contributed by atoms with E-state index in [4.69, 9.17) is 4.74 Å². The van der Waals surface area contributed by atoms with Crippen molar-refractivity contribution in [2.45, 2.75) is 19.3 Å². The van der Waals surface area contributed by atoms with Gasteiger partial charge in [0.25, 0.3) is 0 Å². The van der Waals surface area contributed by atoms with Crippen LogP contribution in [0.2, 0.25) is 0 Å². The Labute approximate surface area is 138 Å². The molecule has 0 aliphatic carbocycles. The summed E-state index contributed by atoms with van der Waals surface area (Å²) in [6.45, 7) is 5.11. The molecular weight excluding hydrogens is 365 g/mol. The molecule has 1 heterocycles. The maximum atomic E-state index is 5.20. The van der Waals surface area contributed by atoms with Gasteiger partial charge in [-0.15, -0.1) is 24.0 Å². The minimum atomic E-state index is 0. The molecule has 1 aliphatic rings. The van der Waals surface area contributed by atoms with Gasteiger partial charge in [-0.1, -0.05) is 12.1 Å². The van der Waals surface area contributed by atoms with Crippen molar-refractivity contribution < 1.29 is 4.74 Å². The predicted molar refractivity (Wildman–Crippen MR) is 94.4 cm³/mol. The Morgan fingerprint density at radius 3 is 2.65 bits per heavy atom. The van der Waals surface area contributed by atoms with Crippen molar-refractivity contribution in [3.05, 3.63) is 29.8 Å². The maximum absolute atomic E-state index is 5.20. The Morgan fingerprint density at radius 2 is 2.10 bits per heavy atom. The number of nitrogens with one attached hydrogen (secondary N) is 1. The van der Waals surface area contributed by atoms with E-state index in [1.807, 2.05) is 19.2 Å².